The molecule has 0 aromatic rings. The summed E-state index contributed by atoms with van der Waals surface area (Å²) in [5, 5.41) is 0. The van der Waals surface area contributed by atoms with Gasteiger partial charge in [-0.2, -0.15) is 0 Å². The number of esters is 2. The van der Waals surface area contributed by atoms with Gasteiger partial charge in [0.2, 0.25) is 0 Å². The third kappa shape index (κ3) is 2.49. The molecule has 0 spiro atoms. The van der Waals surface area contributed by atoms with Crippen LogP contribution in [-0.2, 0) is 23.8 Å². The molecule has 0 bridgehead atoms. The monoisotopic (exact) mass is 238 g/mol. The summed E-state index contributed by atoms with van der Waals surface area (Å²) >= 11 is 0. The van der Waals surface area contributed by atoms with E-state index in [2.05, 4.69) is 0 Å². The molecule has 5 nitrogen and oxygen atoms in total. The molecule has 92 valence electrons. The number of hydrogen-bond acceptors (Lipinski definition) is 5. The van der Waals surface area contributed by atoms with Gasteiger partial charge in [0.15, 0.2) is 0 Å². The lowest BCUT2D eigenvalue weighted by Gasteiger charge is -2.17. The van der Waals surface area contributed by atoms with Crippen LogP contribution in [0.1, 0.15) is 25.7 Å². The third-order valence-corrected chi connectivity index (χ3v) is 2.64. The van der Waals surface area contributed by atoms with Crippen molar-refractivity contribution in [1.29, 1.82) is 0 Å². The van der Waals surface area contributed by atoms with E-state index in [9.17, 15) is 9.59 Å². The number of carbonyl (C=O) groups excluding carboxylic acids is 2. The van der Waals surface area contributed by atoms with Crippen LogP contribution in [0.25, 0.3) is 0 Å². The minimum absolute atomic E-state index is 0.248. The van der Waals surface area contributed by atoms with Crippen molar-refractivity contribution in [3.63, 3.8) is 0 Å². The Morgan fingerprint density at radius 3 is 2.76 bits per heavy atom. The Morgan fingerprint density at radius 1 is 1.41 bits per heavy atom. The summed E-state index contributed by atoms with van der Waals surface area (Å²) in [6.07, 6.45) is 4.31. The maximum Gasteiger partial charge on any atom is 0.345 e. The Balaban J connectivity index is 2.34. The number of carbonyl (C=O) groups is 2. The van der Waals surface area contributed by atoms with Crippen LogP contribution in [-0.4, -0.2) is 25.7 Å². The van der Waals surface area contributed by atoms with E-state index in [0.717, 1.165) is 12.8 Å². The highest BCUT2D eigenvalue weighted by molar-refractivity contribution is 5.94. The predicted octanol–water partition coefficient (Wildman–Crippen LogP) is 1.44. The zero-order chi connectivity index (χ0) is 12.3. The lowest BCUT2D eigenvalue weighted by atomic mass is 10.1. The standard InChI is InChI=1S/C12H14O5/c1-15-12(14)11(8-4-2-3-7-16-8)9-5-6-10(13)17-9/h4H,2-3,5-7H2,1H3. The van der Waals surface area contributed by atoms with Crippen molar-refractivity contribution < 1.29 is 23.8 Å². The quantitative estimate of drug-likeness (QED) is 0.538. The van der Waals surface area contributed by atoms with Gasteiger partial charge < -0.3 is 14.2 Å². The molecule has 0 saturated carbocycles. The van der Waals surface area contributed by atoms with Crippen molar-refractivity contribution in [2.45, 2.75) is 25.7 Å². The second-order valence-electron chi connectivity index (χ2n) is 3.82. The molecule has 1 saturated heterocycles. The van der Waals surface area contributed by atoms with E-state index in [1.165, 1.54) is 7.11 Å². The van der Waals surface area contributed by atoms with Gasteiger partial charge in [-0.1, -0.05) is 0 Å². The zero-order valence-corrected chi connectivity index (χ0v) is 9.65. The molecule has 2 rings (SSSR count). The van der Waals surface area contributed by atoms with Gasteiger partial charge >= 0.3 is 11.9 Å². The molecular weight excluding hydrogens is 224 g/mol. The number of ether oxygens (including phenoxy) is 3. The summed E-state index contributed by atoms with van der Waals surface area (Å²) in [6.45, 7) is 0.563. The molecule has 0 atom stereocenters. The molecular formula is C12H14O5. The van der Waals surface area contributed by atoms with Crippen LogP contribution in [0.15, 0.2) is 23.2 Å². The SMILES string of the molecule is COC(=O)C(C1=CCCCO1)=C1CCC(=O)O1. The summed E-state index contributed by atoms with van der Waals surface area (Å²) in [5.41, 5.74) is 0.248. The van der Waals surface area contributed by atoms with E-state index in [4.69, 9.17) is 14.2 Å². The fourth-order valence-corrected chi connectivity index (χ4v) is 1.82. The van der Waals surface area contributed by atoms with Gasteiger partial charge in [-0.3, -0.25) is 4.79 Å². The largest absolute Gasteiger partial charge is 0.493 e. The first-order chi connectivity index (χ1) is 8.22. The van der Waals surface area contributed by atoms with Gasteiger partial charge in [0.1, 0.15) is 17.1 Å². The molecule has 2 aliphatic heterocycles. The Morgan fingerprint density at radius 2 is 2.24 bits per heavy atom. The molecule has 17 heavy (non-hydrogen) atoms. The normalized spacial score (nSPS) is 22.4. The molecule has 1 fully saturated rings. The average Bonchev–Trinajstić information content (AvgIpc) is 2.77. The van der Waals surface area contributed by atoms with Gasteiger partial charge in [0.05, 0.1) is 20.1 Å². The number of hydrogen-bond donors (Lipinski definition) is 0. The molecule has 2 heterocycles. The summed E-state index contributed by atoms with van der Waals surface area (Å²) in [7, 11) is 1.29. The van der Waals surface area contributed by atoms with Crippen LogP contribution < -0.4 is 0 Å². The summed E-state index contributed by atoms with van der Waals surface area (Å²) in [4.78, 5) is 22.8. The molecule has 0 radical (unpaired) electrons. The highest BCUT2D eigenvalue weighted by Gasteiger charge is 2.29. The summed E-state index contributed by atoms with van der Waals surface area (Å²) in [5.74, 6) is -0.0246. The van der Waals surface area contributed by atoms with Crippen LogP contribution in [0.4, 0.5) is 0 Å². The third-order valence-electron chi connectivity index (χ3n) is 2.64. The fraction of sp³-hybridized carbons (Fsp3) is 0.500. The van der Waals surface area contributed by atoms with Gasteiger partial charge in [-0.15, -0.1) is 0 Å². The topological polar surface area (TPSA) is 61.8 Å². The van der Waals surface area contributed by atoms with E-state index < -0.39 is 5.97 Å². The molecule has 0 unspecified atom stereocenters. The molecule has 0 aromatic heterocycles. The highest BCUT2D eigenvalue weighted by atomic mass is 16.6. The number of rotatable bonds is 2. The van der Waals surface area contributed by atoms with Gasteiger partial charge in [-0.05, 0) is 18.9 Å². The van der Waals surface area contributed by atoms with Crippen LogP contribution in [0.2, 0.25) is 0 Å². The Bertz CT molecular complexity index is 405. The van der Waals surface area contributed by atoms with Crippen LogP contribution in [0.5, 0.6) is 0 Å². The highest BCUT2D eigenvalue weighted by Crippen LogP contribution is 2.29. The van der Waals surface area contributed by atoms with Gasteiger partial charge in [0, 0.05) is 6.42 Å². The molecule has 0 amide bonds. The van der Waals surface area contributed by atoms with Crippen LogP contribution in [0, 0.1) is 0 Å². The summed E-state index contributed by atoms with van der Waals surface area (Å²) in [6, 6.07) is 0. The lowest BCUT2D eigenvalue weighted by molar-refractivity contribution is -0.137. The second-order valence-corrected chi connectivity index (χ2v) is 3.82. The lowest BCUT2D eigenvalue weighted by Crippen LogP contribution is -2.15. The minimum Gasteiger partial charge on any atom is -0.493 e. The zero-order valence-electron chi connectivity index (χ0n) is 9.65. The van der Waals surface area contributed by atoms with E-state index in [1.807, 2.05) is 6.08 Å². The van der Waals surface area contributed by atoms with Crippen molar-refractivity contribution in [1.82, 2.24) is 0 Å². The Hall–Kier alpha value is -1.78. The molecule has 5 heteroatoms. The molecule has 2 aliphatic rings. The maximum absolute atomic E-state index is 11.7. The van der Waals surface area contributed by atoms with E-state index in [1.54, 1.807) is 0 Å². The predicted molar refractivity (Wildman–Crippen MR) is 57.6 cm³/mol. The Labute approximate surface area is 99.0 Å². The van der Waals surface area contributed by atoms with Gasteiger partial charge in [-0.25, -0.2) is 4.79 Å². The van der Waals surface area contributed by atoms with E-state index >= 15 is 0 Å². The van der Waals surface area contributed by atoms with E-state index in [-0.39, 0.29) is 11.5 Å². The first-order valence-corrected chi connectivity index (χ1v) is 5.58. The number of allylic oxidation sites excluding steroid dienone is 2. The van der Waals surface area contributed by atoms with Crippen molar-refractivity contribution >= 4 is 11.9 Å². The number of cyclic esters (lactones) is 1. The summed E-state index contributed by atoms with van der Waals surface area (Å²) < 4.78 is 15.1. The maximum atomic E-state index is 11.7. The second kappa shape index (κ2) is 5.03. The van der Waals surface area contributed by atoms with E-state index in [0.29, 0.717) is 31.0 Å². The molecule has 0 N–H and O–H groups in total. The van der Waals surface area contributed by atoms with Crippen molar-refractivity contribution in [3.05, 3.63) is 23.2 Å². The average molecular weight is 238 g/mol. The van der Waals surface area contributed by atoms with Crippen molar-refractivity contribution in [3.8, 4) is 0 Å². The van der Waals surface area contributed by atoms with Gasteiger partial charge in [0.25, 0.3) is 0 Å². The first-order valence-electron chi connectivity index (χ1n) is 5.58. The molecule has 0 aliphatic carbocycles. The first kappa shape index (κ1) is 11.7. The smallest absolute Gasteiger partial charge is 0.345 e. The number of methoxy groups -OCH3 is 1. The van der Waals surface area contributed by atoms with Crippen molar-refractivity contribution in [2.24, 2.45) is 0 Å². The fourth-order valence-electron chi connectivity index (χ4n) is 1.82. The molecule has 0 aromatic carbocycles. The Kier molecular flexibility index (Phi) is 3.46. The minimum atomic E-state index is -0.525. The van der Waals surface area contributed by atoms with Crippen LogP contribution >= 0.6 is 0 Å². The van der Waals surface area contributed by atoms with Crippen LogP contribution in [0.3, 0.4) is 0 Å². The van der Waals surface area contributed by atoms with Crippen molar-refractivity contribution in [2.75, 3.05) is 13.7 Å².